The average molecular weight is 148 g/mol. The average Bonchev–Trinajstić information content (AvgIpc) is 1.63. The van der Waals surface area contributed by atoms with Crippen LogP contribution in [0.2, 0.25) is 6.04 Å². The van der Waals surface area contributed by atoms with Gasteiger partial charge in [0.15, 0.2) is 0 Å². The van der Waals surface area contributed by atoms with E-state index in [2.05, 4.69) is 6.58 Å². The lowest BCUT2D eigenvalue weighted by Crippen LogP contribution is -2.33. The summed E-state index contributed by atoms with van der Waals surface area (Å²) in [6, 6.07) is 0.110. The molecule has 0 saturated heterocycles. The summed E-state index contributed by atoms with van der Waals surface area (Å²) in [7, 11) is -3.74. The highest BCUT2D eigenvalue weighted by atomic mass is 28.4. The van der Waals surface area contributed by atoms with Crippen molar-refractivity contribution in [3.63, 3.8) is 0 Å². The molecule has 54 valence electrons. The number of allylic oxidation sites excluding steroid dienone is 1. The highest BCUT2D eigenvalue weighted by molar-refractivity contribution is 6.56. The highest BCUT2D eigenvalue weighted by Crippen LogP contribution is 2.03. The van der Waals surface area contributed by atoms with Gasteiger partial charge in [-0.05, 0) is 12.8 Å². The van der Waals surface area contributed by atoms with Crippen molar-refractivity contribution in [2.45, 2.75) is 18.9 Å². The first-order valence-electron chi connectivity index (χ1n) is 2.84. The van der Waals surface area contributed by atoms with Gasteiger partial charge in [0.2, 0.25) is 0 Å². The molecule has 4 heteroatoms. The molecule has 0 aromatic rings. The summed E-state index contributed by atoms with van der Waals surface area (Å²) >= 11 is 0. The maximum absolute atomic E-state index is 8.46. The molecule has 0 aromatic carbocycles. The second-order valence-corrected chi connectivity index (χ2v) is 4.00. The van der Waals surface area contributed by atoms with Crippen LogP contribution in [0.4, 0.5) is 0 Å². The van der Waals surface area contributed by atoms with Crippen molar-refractivity contribution in [1.82, 2.24) is 0 Å². The number of hydrogen-bond acceptors (Lipinski definition) is 3. The van der Waals surface area contributed by atoms with Crippen LogP contribution in [0.5, 0.6) is 0 Å². The van der Waals surface area contributed by atoms with Gasteiger partial charge in [-0.2, -0.15) is 0 Å². The molecule has 0 unspecified atom stereocenters. The van der Waals surface area contributed by atoms with Gasteiger partial charge in [0.05, 0.1) is 0 Å². The SMILES string of the molecule is C=CCCC[Si](O)(O)O. The number of rotatable bonds is 4. The van der Waals surface area contributed by atoms with Gasteiger partial charge in [-0.25, -0.2) is 0 Å². The molecule has 0 amide bonds. The van der Waals surface area contributed by atoms with Gasteiger partial charge >= 0.3 is 8.80 Å². The van der Waals surface area contributed by atoms with Gasteiger partial charge in [0.25, 0.3) is 0 Å². The van der Waals surface area contributed by atoms with E-state index in [1.165, 1.54) is 0 Å². The van der Waals surface area contributed by atoms with E-state index in [9.17, 15) is 0 Å². The lowest BCUT2D eigenvalue weighted by molar-refractivity contribution is 0.226. The minimum absolute atomic E-state index is 0.110. The molecule has 0 spiro atoms. The van der Waals surface area contributed by atoms with E-state index in [0.717, 1.165) is 6.42 Å². The van der Waals surface area contributed by atoms with Crippen molar-refractivity contribution in [2.24, 2.45) is 0 Å². The smallest absolute Gasteiger partial charge is 0.390 e. The maximum Gasteiger partial charge on any atom is 0.492 e. The lowest BCUT2D eigenvalue weighted by Gasteiger charge is -2.06. The Morgan fingerprint density at radius 2 is 1.89 bits per heavy atom. The summed E-state index contributed by atoms with van der Waals surface area (Å²) < 4.78 is 0. The second-order valence-electron chi connectivity index (χ2n) is 1.96. The Balaban J connectivity index is 3.17. The molecule has 0 aliphatic carbocycles. The zero-order chi connectivity index (χ0) is 7.33. The quantitative estimate of drug-likeness (QED) is 0.296. The summed E-state index contributed by atoms with van der Waals surface area (Å²) in [5, 5.41) is 0. The Labute approximate surface area is 55.6 Å². The molecule has 0 rings (SSSR count). The van der Waals surface area contributed by atoms with E-state index in [1.54, 1.807) is 6.08 Å². The fraction of sp³-hybridized carbons (Fsp3) is 0.600. The molecule has 0 aliphatic rings. The van der Waals surface area contributed by atoms with E-state index in [0.29, 0.717) is 6.42 Å². The highest BCUT2D eigenvalue weighted by Gasteiger charge is 2.24. The van der Waals surface area contributed by atoms with Crippen molar-refractivity contribution in [1.29, 1.82) is 0 Å². The van der Waals surface area contributed by atoms with E-state index >= 15 is 0 Å². The van der Waals surface area contributed by atoms with Crippen molar-refractivity contribution < 1.29 is 14.4 Å². The molecule has 9 heavy (non-hydrogen) atoms. The van der Waals surface area contributed by atoms with Crippen LogP contribution in [0.1, 0.15) is 12.8 Å². The van der Waals surface area contributed by atoms with E-state index < -0.39 is 8.80 Å². The van der Waals surface area contributed by atoms with Crippen LogP contribution in [0.15, 0.2) is 12.7 Å². The zero-order valence-electron chi connectivity index (χ0n) is 5.25. The first-order valence-corrected chi connectivity index (χ1v) is 4.89. The predicted molar refractivity (Wildman–Crippen MR) is 36.6 cm³/mol. The van der Waals surface area contributed by atoms with Crippen molar-refractivity contribution in [3.8, 4) is 0 Å². The molecule has 0 heterocycles. The lowest BCUT2D eigenvalue weighted by atomic mass is 10.3. The van der Waals surface area contributed by atoms with Crippen molar-refractivity contribution >= 4 is 8.80 Å². The zero-order valence-corrected chi connectivity index (χ0v) is 6.25. The molecule has 0 atom stereocenters. The molecular formula is C5H12O3Si. The molecule has 0 aromatic heterocycles. The summed E-state index contributed by atoms with van der Waals surface area (Å²) in [6.45, 7) is 3.45. The Morgan fingerprint density at radius 3 is 2.22 bits per heavy atom. The van der Waals surface area contributed by atoms with Gasteiger partial charge in [0.1, 0.15) is 0 Å². The van der Waals surface area contributed by atoms with Gasteiger partial charge < -0.3 is 14.4 Å². The molecular weight excluding hydrogens is 136 g/mol. The van der Waals surface area contributed by atoms with Gasteiger partial charge in [-0.3, -0.25) is 0 Å². The first kappa shape index (κ1) is 8.84. The van der Waals surface area contributed by atoms with Crippen molar-refractivity contribution in [3.05, 3.63) is 12.7 Å². The fourth-order valence-corrected chi connectivity index (χ4v) is 1.16. The third-order valence-electron chi connectivity index (χ3n) is 0.920. The minimum atomic E-state index is -3.74. The van der Waals surface area contributed by atoms with Crippen LogP contribution in [0, 0.1) is 0 Å². The van der Waals surface area contributed by atoms with Crippen LogP contribution < -0.4 is 0 Å². The van der Waals surface area contributed by atoms with Crippen LogP contribution >= 0.6 is 0 Å². The van der Waals surface area contributed by atoms with Gasteiger partial charge in [-0.15, -0.1) is 6.58 Å². The van der Waals surface area contributed by atoms with E-state index in [1.807, 2.05) is 0 Å². The third-order valence-corrected chi connectivity index (χ3v) is 1.94. The summed E-state index contributed by atoms with van der Waals surface area (Å²) in [5.74, 6) is 0. The molecule has 0 saturated carbocycles. The molecule has 0 bridgehead atoms. The predicted octanol–water partition coefficient (Wildman–Crippen LogP) is -0.132. The van der Waals surface area contributed by atoms with Crippen LogP contribution in [0.25, 0.3) is 0 Å². The van der Waals surface area contributed by atoms with Crippen LogP contribution in [-0.2, 0) is 0 Å². The number of unbranched alkanes of at least 4 members (excludes halogenated alkanes) is 1. The summed E-state index contributed by atoms with van der Waals surface area (Å²) in [6.07, 6.45) is 3.00. The minimum Gasteiger partial charge on any atom is -0.390 e. The monoisotopic (exact) mass is 148 g/mol. The molecule has 0 aliphatic heterocycles. The molecule has 0 fully saturated rings. The Morgan fingerprint density at radius 1 is 1.33 bits per heavy atom. The standard InChI is InChI=1S/C5H12O3Si/c1-2-3-4-5-9(6,7)8/h2,6-8H,1,3-5H2. The molecule has 3 nitrogen and oxygen atoms in total. The summed E-state index contributed by atoms with van der Waals surface area (Å²) in [5.41, 5.74) is 0. The topological polar surface area (TPSA) is 60.7 Å². The first-order chi connectivity index (χ1) is 4.06. The Kier molecular flexibility index (Phi) is 3.72. The van der Waals surface area contributed by atoms with E-state index in [-0.39, 0.29) is 6.04 Å². The maximum atomic E-state index is 8.46. The second kappa shape index (κ2) is 3.79. The summed E-state index contributed by atoms with van der Waals surface area (Å²) in [4.78, 5) is 25.4. The molecule has 0 radical (unpaired) electrons. The van der Waals surface area contributed by atoms with Crippen LogP contribution in [0.3, 0.4) is 0 Å². The fourth-order valence-electron chi connectivity index (χ4n) is 0.484. The third kappa shape index (κ3) is 7.84. The van der Waals surface area contributed by atoms with Gasteiger partial charge in [-0.1, -0.05) is 6.08 Å². The Hall–Kier alpha value is -0.163. The van der Waals surface area contributed by atoms with Crippen molar-refractivity contribution in [2.75, 3.05) is 0 Å². The Bertz CT molecular complexity index is 86.7. The van der Waals surface area contributed by atoms with E-state index in [4.69, 9.17) is 14.4 Å². The normalized spacial score (nSPS) is 11.4. The van der Waals surface area contributed by atoms with Crippen LogP contribution in [-0.4, -0.2) is 23.2 Å². The largest absolute Gasteiger partial charge is 0.492 e. The molecule has 3 N–H and O–H groups in total. The van der Waals surface area contributed by atoms with Gasteiger partial charge in [0, 0.05) is 6.04 Å². The number of hydrogen-bond donors (Lipinski definition) is 3.